The lowest BCUT2D eigenvalue weighted by Gasteiger charge is -2.06. The van der Waals surface area contributed by atoms with Crippen LogP contribution in [0.4, 0.5) is 11.6 Å². The fourth-order valence-electron chi connectivity index (χ4n) is 1.44. The van der Waals surface area contributed by atoms with E-state index in [2.05, 4.69) is 32.5 Å². The third-order valence-corrected chi connectivity index (χ3v) is 3.24. The Morgan fingerprint density at radius 1 is 1.17 bits per heavy atom. The normalized spacial score (nSPS) is 10.3. The van der Waals surface area contributed by atoms with Gasteiger partial charge in [0.25, 0.3) is 0 Å². The van der Waals surface area contributed by atoms with E-state index in [0.29, 0.717) is 6.54 Å². The highest BCUT2D eigenvalue weighted by atomic mass is 32.1. The highest BCUT2D eigenvalue weighted by molar-refractivity contribution is 7.09. The first-order valence-electron chi connectivity index (χ1n) is 5.98. The summed E-state index contributed by atoms with van der Waals surface area (Å²) in [4.78, 5) is 13.0. The van der Waals surface area contributed by atoms with E-state index < -0.39 is 0 Å². The van der Waals surface area contributed by atoms with Gasteiger partial charge in [-0.2, -0.15) is 0 Å². The Kier molecular flexibility index (Phi) is 4.46. The van der Waals surface area contributed by atoms with Crippen LogP contribution < -0.4 is 10.6 Å². The minimum atomic E-state index is 0.685. The standard InChI is InChI=1S/C12H17N5S/c1-3-4-14-10-5-13-6-11(17-10)15-7-12-16-9(2)8-18-12/h5-6,8H,3-4,7H2,1-2H3,(H2,14,15,17). The van der Waals surface area contributed by atoms with E-state index in [9.17, 15) is 0 Å². The number of rotatable bonds is 6. The molecule has 2 aromatic rings. The Balaban J connectivity index is 1.92. The lowest BCUT2D eigenvalue weighted by Crippen LogP contribution is -2.06. The van der Waals surface area contributed by atoms with Gasteiger partial charge in [0, 0.05) is 17.6 Å². The number of aromatic nitrogens is 3. The summed E-state index contributed by atoms with van der Waals surface area (Å²) >= 11 is 1.65. The average molecular weight is 263 g/mol. The van der Waals surface area contributed by atoms with Crippen molar-refractivity contribution in [1.29, 1.82) is 0 Å². The van der Waals surface area contributed by atoms with Crippen molar-refractivity contribution >= 4 is 23.0 Å². The van der Waals surface area contributed by atoms with E-state index in [1.807, 2.05) is 12.3 Å². The summed E-state index contributed by atoms with van der Waals surface area (Å²) in [7, 11) is 0. The van der Waals surface area contributed by atoms with Crippen molar-refractivity contribution < 1.29 is 0 Å². The molecular weight excluding hydrogens is 246 g/mol. The minimum absolute atomic E-state index is 0.685. The second-order valence-electron chi connectivity index (χ2n) is 3.95. The van der Waals surface area contributed by atoms with Gasteiger partial charge in [-0.15, -0.1) is 11.3 Å². The molecule has 0 unspecified atom stereocenters. The van der Waals surface area contributed by atoms with Gasteiger partial charge in [0.15, 0.2) is 0 Å². The van der Waals surface area contributed by atoms with Gasteiger partial charge in [-0.25, -0.2) is 9.97 Å². The Bertz CT molecular complexity index is 497. The molecule has 2 rings (SSSR count). The Hall–Kier alpha value is -1.69. The molecule has 2 heterocycles. The average Bonchev–Trinajstić information content (AvgIpc) is 2.80. The van der Waals surface area contributed by atoms with Gasteiger partial charge in [-0.05, 0) is 13.3 Å². The number of aryl methyl sites for hydroxylation is 1. The monoisotopic (exact) mass is 263 g/mol. The fourth-order valence-corrected chi connectivity index (χ4v) is 2.15. The van der Waals surface area contributed by atoms with Crippen LogP contribution in [-0.4, -0.2) is 21.5 Å². The summed E-state index contributed by atoms with van der Waals surface area (Å²) in [6.07, 6.45) is 4.52. The number of hydrogen-bond donors (Lipinski definition) is 2. The summed E-state index contributed by atoms with van der Waals surface area (Å²) < 4.78 is 0. The topological polar surface area (TPSA) is 62.7 Å². The zero-order chi connectivity index (χ0) is 12.8. The van der Waals surface area contributed by atoms with E-state index >= 15 is 0 Å². The summed E-state index contributed by atoms with van der Waals surface area (Å²) in [6, 6.07) is 0. The van der Waals surface area contributed by atoms with Gasteiger partial charge in [-0.1, -0.05) is 6.92 Å². The maximum atomic E-state index is 4.42. The zero-order valence-corrected chi connectivity index (χ0v) is 11.4. The molecule has 0 aliphatic heterocycles. The van der Waals surface area contributed by atoms with Crippen LogP contribution in [0, 0.1) is 6.92 Å². The first-order chi connectivity index (χ1) is 8.78. The summed E-state index contributed by atoms with van der Waals surface area (Å²) in [5.74, 6) is 1.57. The van der Waals surface area contributed by atoms with Crippen LogP contribution in [0.15, 0.2) is 17.8 Å². The first kappa shape index (κ1) is 12.8. The molecule has 5 nitrogen and oxygen atoms in total. The van der Waals surface area contributed by atoms with Gasteiger partial charge >= 0.3 is 0 Å². The molecule has 0 radical (unpaired) electrons. The van der Waals surface area contributed by atoms with Gasteiger partial charge in [-0.3, -0.25) is 4.98 Å². The smallest absolute Gasteiger partial charge is 0.147 e. The van der Waals surface area contributed by atoms with Crippen LogP contribution in [-0.2, 0) is 6.54 Å². The number of nitrogens with one attached hydrogen (secondary N) is 2. The number of anilines is 2. The molecule has 0 saturated heterocycles. The SMILES string of the molecule is CCCNc1cncc(NCc2nc(C)cs2)n1. The molecule has 0 bridgehead atoms. The Morgan fingerprint density at radius 3 is 2.61 bits per heavy atom. The molecule has 0 aliphatic carbocycles. The molecule has 2 N–H and O–H groups in total. The van der Waals surface area contributed by atoms with Crippen LogP contribution in [0.25, 0.3) is 0 Å². The number of thiazole rings is 1. The van der Waals surface area contributed by atoms with Crippen LogP contribution in [0.3, 0.4) is 0 Å². The Labute approximate surface area is 111 Å². The van der Waals surface area contributed by atoms with Gasteiger partial charge in [0.05, 0.1) is 18.9 Å². The molecule has 0 atom stereocenters. The first-order valence-corrected chi connectivity index (χ1v) is 6.86. The van der Waals surface area contributed by atoms with Crippen molar-refractivity contribution in [1.82, 2.24) is 15.0 Å². The molecule has 18 heavy (non-hydrogen) atoms. The molecule has 0 aliphatic rings. The molecule has 2 aromatic heterocycles. The molecule has 0 spiro atoms. The lowest BCUT2D eigenvalue weighted by atomic mass is 10.5. The number of hydrogen-bond acceptors (Lipinski definition) is 6. The summed E-state index contributed by atoms with van der Waals surface area (Å²) in [5, 5.41) is 9.54. The van der Waals surface area contributed by atoms with E-state index in [-0.39, 0.29) is 0 Å². The molecule has 0 aromatic carbocycles. The van der Waals surface area contributed by atoms with Crippen LogP contribution in [0.5, 0.6) is 0 Å². The molecule has 0 amide bonds. The molecule has 0 saturated carbocycles. The summed E-state index contributed by atoms with van der Waals surface area (Å²) in [6.45, 7) is 5.71. The second-order valence-corrected chi connectivity index (χ2v) is 4.90. The number of nitrogens with zero attached hydrogens (tertiary/aromatic N) is 3. The largest absolute Gasteiger partial charge is 0.369 e. The Morgan fingerprint density at radius 2 is 1.94 bits per heavy atom. The van der Waals surface area contributed by atoms with Gasteiger partial charge < -0.3 is 10.6 Å². The zero-order valence-electron chi connectivity index (χ0n) is 10.6. The highest BCUT2D eigenvalue weighted by Crippen LogP contribution is 2.12. The fraction of sp³-hybridized carbons (Fsp3) is 0.417. The second kappa shape index (κ2) is 6.30. The predicted molar refractivity (Wildman–Crippen MR) is 75.0 cm³/mol. The van der Waals surface area contributed by atoms with Crippen molar-refractivity contribution in [2.75, 3.05) is 17.2 Å². The quantitative estimate of drug-likeness (QED) is 0.839. The van der Waals surface area contributed by atoms with Crippen molar-refractivity contribution in [2.24, 2.45) is 0 Å². The van der Waals surface area contributed by atoms with E-state index in [1.165, 1.54) is 0 Å². The molecule has 96 valence electrons. The van der Waals surface area contributed by atoms with Crippen LogP contribution in [0.1, 0.15) is 24.0 Å². The minimum Gasteiger partial charge on any atom is -0.369 e. The molecular formula is C12H17N5S. The summed E-state index contributed by atoms with van der Waals surface area (Å²) in [5.41, 5.74) is 1.06. The van der Waals surface area contributed by atoms with Crippen LogP contribution in [0.2, 0.25) is 0 Å². The van der Waals surface area contributed by atoms with Gasteiger partial charge in [0.1, 0.15) is 16.6 Å². The highest BCUT2D eigenvalue weighted by Gasteiger charge is 2.01. The maximum Gasteiger partial charge on any atom is 0.147 e. The van der Waals surface area contributed by atoms with Crippen molar-refractivity contribution in [2.45, 2.75) is 26.8 Å². The third-order valence-electron chi connectivity index (χ3n) is 2.28. The third kappa shape index (κ3) is 3.66. The van der Waals surface area contributed by atoms with Crippen molar-refractivity contribution in [3.05, 3.63) is 28.5 Å². The van der Waals surface area contributed by atoms with Crippen LogP contribution >= 0.6 is 11.3 Å². The molecule has 6 heteroatoms. The van der Waals surface area contributed by atoms with E-state index in [1.54, 1.807) is 23.7 Å². The predicted octanol–water partition coefficient (Wildman–Crippen LogP) is 2.68. The van der Waals surface area contributed by atoms with Crippen molar-refractivity contribution in [3.8, 4) is 0 Å². The maximum absolute atomic E-state index is 4.42. The van der Waals surface area contributed by atoms with Gasteiger partial charge in [0.2, 0.25) is 0 Å². The lowest BCUT2D eigenvalue weighted by molar-refractivity contribution is 0.961. The van der Waals surface area contributed by atoms with E-state index in [4.69, 9.17) is 0 Å². The molecule has 0 fully saturated rings. The van der Waals surface area contributed by atoms with Crippen molar-refractivity contribution in [3.63, 3.8) is 0 Å². The van der Waals surface area contributed by atoms with E-state index in [0.717, 1.165) is 35.3 Å².